The van der Waals surface area contributed by atoms with Crippen LogP contribution in [0.15, 0.2) is 35.1 Å². The van der Waals surface area contributed by atoms with Crippen molar-refractivity contribution < 1.29 is 4.74 Å². The van der Waals surface area contributed by atoms with E-state index >= 15 is 0 Å². The van der Waals surface area contributed by atoms with Crippen molar-refractivity contribution in [3.05, 3.63) is 46.2 Å². The van der Waals surface area contributed by atoms with Gasteiger partial charge in [-0.1, -0.05) is 13.0 Å². The van der Waals surface area contributed by atoms with Gasteiger partial charge in [0.25, 0.3) is 5.56 Å². The number of benzene rings is 1. The van der Waals surface area contributed by atoms with Crippen molar-refractivity contribution in [2.75, 3.05) is 12.8 Å². The molecule has 2 rings (SSSR count). The van der Waals surface area contributed by atoms with Gasteiger partial charge in [-0.25, -0.2) is 0 Å². The molecule has 0 saturated heterocycles. The molecular formula is C15H18N2O2. The largest absolute Gasteiger partial charge is 0.496 e. The Labute approximate surface area is 112 Å². The molecule has 0 bridgehead atoms. The molecule has 1 aromatic heterocycles. The van der Waals surface area contributed by atoms with Crippen LogP contribution in [0.3, 0.4) is 0 Å². The van der Waals surface area contributed by atoms with Crippen LogP contribution in [-0.2, 0) is 13.5 Å². The second kappa shape index (κ2) is 5.18. The second-order valence-corrected chi connectivity index (χ2v) is 4.45. The minimum Gasteiger partial charge on any atom is -0.496 e. The Morgan fingerprint density at radius 1 is 1.21 bits per heavy atom. The predicted octanol–water partition coefficient (Wildman–Crippen LogP) is 2.21. The van der Waals surface area contributed by atoms with Gasteiger partial charge in [-0.3, -0.25) is 9.36 Å². The summed E-state index contributed by atoms with van der Waals surface area (Å²) in [5, 5.41) is 0. The van der Waals surface area contributed by atoms with Crippen molar-refractivity contribution in [1.29, 1.82) is 0 Å². The number of aryl methyl sites for hydroxylation is 1. The summed E-state index contributed by atoms with van der Waals surface area (Å²) in [6, 6.07) is 9.29. The van der Waals surface area contributed by atoms with Gasteiger partial charge >= 0.3 is 0 Å². The third-order valence-corrected chi connectivity index (χ3v) is 3.29. The number of ether oxygens (including phenoxy) is 1. The normalized spacial score (nSPS) is 10.5. The van der Waals surface area contributed by atoms with Crippen LogP contribution in [0.4, 0.5) is 5.82 Å². The molecule has 0 amide bonds. The average molecular weight is 258 g/mol. The van der Waals surface area contributed by atoms with Crippen molar-refractivity contribution in [3.8, 4) is 16.9 Å². The highest BCUT2D eigenvalue weighted by molar-refractivity contribution is 5.67. The van der Waals surface area contributed by atoms with E-state index in [1.54, 1.807) is 20.2 Å². The standard InChI is InChI=1S/C15H18N2O2/c1-4-10-7-11(5-6-13(10)19-3)12-8-14(16)17(2)15(18)9-12/h5-9H,4,16H2,1-3H3. The van der Waals surface area contributed by atoms with Gasteiger partial charge in [-0.15, -0.1) is 0 Å². The zero-order valence-electron chi connectivity index (χ0n) is 11.4. The number of anilines is 1. The highest BCUT2D eigenvalue weighted by Gasteiger charge is 2.07. The molecule has 0 spiro atoms. The van der Waals surface area contributed by atoms with Crippen molar-refractivity contribution in [2.45, 2.75) is 13.3 Å². The van der Waals surface area contributed by atoms with Crippen LogP contribution < -0.4 is 16.0 Å². The summed E-state index contributed by atoms with van der Waals surface area (Å²) in [7, 11) is 3.32. The fourth-order valence-electron chi connectivity index (χ4n) is 2.06. The first-order valence-corrected chi connectivity index (χ1v) is 6.20. The first kappa shape index (κ1) is 13.2. The average Bonchev–Trinajstić information content (AvgIpc) is 2.43. The summed E-state index contributed by atoms with van der Waals surface area (Å²) in [6.07, 6.45) is 0.872. The van der Waals surface area contributed by atoms with Crippen LogP contribution in [0.25, 0.3) is 11.1 Å². The third kappa shape index (κ3) is 2.47. The Morgan fingerprint density at radius 3 is 2.53 bits per heavy atom. The van der Waals surface area contributed by atoms with E-state index in [2.05, 4.69) is 6.92 Å². The number of aromatic nitrogens is 1. The molecule has 4 heteroatoms. The molecule has 1 aromatic carbocycles. The number of methoxy groups -OCH3 is 1. The van der Waals surface area contributed by atoms with E-state index in [0.717, 1.165) is 28.9 Å². The van der Waals surface area contributed by atoms with Crippen LogP contribution in [-0.4, -0.2) is 11.7 Å². The number of pyridine rings is 1. The van der Waals surface area contributed by atoms with E-state index in [1.807, 2.05) is 24.3 Å². The summed E-state index contributed by atoms with van der Waals surface area (Å²) in [5.41, 5.74) is 8.63. The van der Waals surface area contributed by atoms with Gasteiger partial charge in [-0.05, 0) is 41.3 Å². The molecule has 0 atom stereocenters. The molecule has 0 unspecified atom stereocenters. The van der Waals surface area contributed by atoms with Gasteiger partial charge in [0.1, 0.15) is 11.6 Å². The lowest BCUT2D eigenvalue weighted by molar-refractivity contribution is 0.410. The minimum absolute atomic E-state index is 0.108. The maximum Gasteiger partial charge on any atom is 0.252 e. The van der Waals surface area contributed by atoms with Crippen molar-refractivity contribution in [3.63, 3.8) is 0 Å². The minimum atomic E-state index is -0.108. The van der Waals surface area contributed by atoms with Crippen LogP contribution in [0.2, 0.25) is 0 Å². The molecule has 0 aliphatic heterocycles. The summed E-state index contributed by atoms with van der Waals surface area (Å²) < 4.78 is 6.73. The molecule has 0 aliphatic carbocycles. The van der Waals surface area contributed by atoms with E-state index in [4.69, 9.17) is 10.5 Å². The number of nitrogen functional groups attached to an aromatic ring is 1. The van der Waals surface area contributed by atoms with Crippen molar-refractivity contribution >= 4 is 5.82 Å². The Bertz CT molecular complexity index is 660. The topological polar surface area (TPSA) is 57.2 Å². The lowest BCUT2D eigenvalue weighted by Crippen LogP contribution is -2.18. The molecule has 2 aromatic rings. The quantitative estimate of drug-likeness (QED) is 0.918. The van der Waals surface area contributed by atoms with Gasteiger partial charge in [0.15, 0.2) is 0 Å². The summed E-state index contributed by atoms with van der Waals surface area (Å²) in [5.74, 6) is 1.32. The molecule has 0 aliphatic rings. The van der Waals surface area contributed by atoms with Crippen LogP contribution in [0.5, 0.6) is 5.75 Å². The lowest BCUT2D eigenvalue weighted by atomic mass is 10.0. The zero-order chi connectivity index (χ0) is 14.0. The Balaban J connectivity index is 2.56. The summed E-state index contributed by atoms with van der Waals surface area (Å²) in [4.78, 5) is 11.8. The highest BCUT2D eigenvalue weighted by atomic mass is 16.5. The van der Waals surface area contributed by atoms with Gasteiger partial charge in [0.2, 0.25) is 0 Å². The smallest absolute Gasteiger partial charge is 0.252 e. The van der Waals surface area contributed by atoms with Gasteiger partial charge < -0.3 is 10.5 Å². The fourth-order valence-corrected chi connectivity index (χ4v) is 2.06. The third-order valence-electron chi connectivity index (χ3n) is 3.29. The number of nitrogens with zero attached hydrogens (tertiary/aromatic N) is 1. The van der Waals surface area contributed by atoms with Crippen molar-refractivity contribution in [1.82, 2.24) is 4.57 Å². The Kier molecular flexibility index (Phi) is 3.60. The SMILES string of the molecule is CCc1cc(-c2cc(N)n(C)c(=O)c2)ccc1OC. The molecule has 0 saturated carbocycles. The number of rotatable bonds is 3. The van der Waals surface area contributed by atoms with Crippen LogP contribution in [0, 0.1) is 0 Å². The van der Waals surface area contributed by atoms with Crippen LogP contribution >= 0.6 is 0 Å². The van der Waals surface area contributed by atoms with Crippen molar-refractivity contribution in [2.24, 2.45) is 7.05 Å². The molecule has 100 valence electrons. The van der Waals surface area contributed by atoms with E-state index in [9.17, 15) is 4.79 Å². The summed E-state index contributed by atoms with van der Waals surface area (Å²) in [6.45, 7) is 2.07. The molecule has 1 heterocycles. The molecule has 0 fully saturated rings. The molecule has 19 heavy (non-hydrogen) atoms. The maximum absolute atomic E-state index is 11.8. The Hall–Kier alpha value is -2.23. The molecular weight excluding hydrogens is 240 g/mol. The Morgan fingerprint density at radius 2 is 1.95 bits per heavy atom. The first-order chi connectivity index (χ1) is 9.06. The summed E-state index contributed by atoms with van der Waals surface area (Å²) >= 11 is 0. The maximum atomic E-state index is 11.8. The second-order valence-electron chi connectivity index (χ2n) is 4.45. The number of hydrogen-bond donors (Lipinski definition) is 1. The highest BCUT2D eigenvalue weighted by Crippen LogP contribution is 2.27. The molecule has 2 N–H and O–H groups in total. The predicted molar refractivity (Wildman–Crippen MR) is 77.5 cm³/mol. The van der Waals surface area contributed by atoms with Crippen LogP contribution in [0.1, 0.15) is 12.5 Å². The van der Waals surface area contributed by atoms with E-state index in [1.165, 1.54) is 4.57 Å². The number of hydrogen-bond acceptors (Lipinski definition) is 3. The van der Waals surface area contributed by atoms with Gasteiger partial charge in [0.05, 0.1) is 7.11 Å². The van der Waals surface area contributed by atoms with E-state index in [0.29, 0.717) is 5.82 Å². The first-order valence-electron chi connectivity index (χ1n) is 6.20. The molecule has 0 radical (unpaired) electrons. The van der Waals surface area contributed by atoms with E-state index in [-0.39, 0.29) is 5.56 Å². The van der Waals surface area contributed by atoms with Gasteiger partial charge in [-0.2, -0.15) is 0 Å². The fraction of sp³-hybridized carbons (Fsp3) is 0.267. The lowest BCUT2D eigenvalue weighted by Gasteiger charge is -2.11. The molecule has 4 nitrogen and oxygen atoms in total. The number of nitrogens with two attached hydrogens (primary N) is 1. The monoisotopic (exact) mass is 258 g/mol. The van der Waals surface area contributed by atoms with Gasteiger partial charge in [0, 0.05) is 13.1 Å². The van der Waals surface area contributed by atoms with E-state index < -0.39 is 0 Å². The zero-order valence-corrected chi connectivity index (χ0v) is 11.4.